The standard InChI is InChI=1S/C7H6F3IN2O2/c8-7(9,10)15-4-1-5(14)13-6(11)3(4)2-12/h1H,2,12H2,(H,13,14). The van der Waals surface area contributed by atoms with Crippen molar-refractivity contribution in [1.29, 1.82) is 0 Å². The number of ether oxygens (including phenoxy) is 1. The largest absolute Gasteiger partial charge is 0.573 e. The monoisotopic (exact) mass is 334 g/mol. The molecular formula is C7H6F3IN2O2. The van der Waals surface area contributed by atoms with Crippen LogP contribution in [0, 0.1) is 3.70 Å². The van der Waals surface area contributed by atoms with Gasteiger partial charge in [-0.1, -0.05) is 0 Å². The number of H-pyrrole nitrogens is 1. The fraction of sp³-hybridized carbons (Fsp3) is 0.286. The molecule has 1 aromatic rings. The van der Waals surface area contributed by atoms with Crippen molar-refractivity contribution in [2.24, 2.45) is 5.73 Å². The minimum atomic E-state index is -4.83. The molecule has 0 fully saturated rings. The van der Waals surface area contributed by atoms with Gasteiger partial charge < -0.3 is 15.5 Å². The molecule has 0 aliphatic heterocycles. The predicted octanol–water partition coefficient (Wildman–Crippen LogP) is 1.34. The molecule has 1 rings (SSSR count). The van der Waals surface area contributed by atoms with Gasteiger partial charge in [-0.25, -0.2) is 0 Å². The van der Waals surface area contributed by atoms with Gasteiger partial charge in [0.2, 0.25) is 0 Å². The third-order valence-electron chi connectivity index (χ3n) is 1.49. The maximum Gasteiger partial charge on any atom is 0.573 e. The molecule has 0 aliphatic rings. The number of pyridine rings is 1. The summed E-state index contributed by atoms with van der Waals surface area (Å²) in [5, 5.41) is 0. The average molecular weight is 334 g/mol. The Hall–Kier alpha value is -0.770. The van der Waals surface area contributed by atoms with Crippen LogP contribution in [0.4, 0.5) is 13.2 Å². The highest BCUT2D eigenvalue weighted by atomic mass is 127. The van der Waals surface area contributed by atoms with Crippen molar-refractivity contribution in [3.63, 3.8) is 0 Å². The van der Waals surface area contributed by atoms with Gasteiger partial charge in [-0.05, 0) is 22.6 Å². The summed E-state index contributed by atoms with van der Waals surface area (Å²) in [6.45, 7) is -0.152. The average Bonchev–Trinajstić information content (AvgIpc) is 1.99. The van der Waals surface area contributed by atoms with E-state index in [9.17, 15) is 18.0 Å². The highest BCUT2D eigenvalue weighted by Gasteiger charge is 2.32. The Labute approximate surface area is 95.8 Å². The van der Waals surface area contributed by atoms with Crippen LogP contribution in [0.5, 0.6) is 5.75 Å². The normalized spacial score (nSPS) is 11.5. The second-order valence-corrected chi connectivity index (χ2v) is 3.62. The van der Waals surface area contributed by atoms with Crippen molar-refractivity contribution >= 4 is 22.6 Å². The van der Waals surface area contributed by atoms with Gasteiger partial charge in [0.15, 0.2) is 0 Å². The lowest BCUT2D eigenvalue weighted by molar-refractivity contribution is -0.275. The molecule has 0 aromatic carbocycles. The molecule has 0 atom stereocenters. The number of halogens is 4. The van der Waals surface area contributed by atoms with E-state index in [0.717, 1.165) is 6.07 Å². The van der Waals surface area contributed by atoms with E-state index in [1.165, 1.54) is 0 Å². The molecule has 1 heterocycles. The van der Waals surface area contributed by atoms with Gasteiger partial charge in [0, 0.05) is 18.2 Å². The SMILES string of the molecule is NCc1c(OC(F)(F)F)cc(=O)[nH]c1I. The van der Waals surface area contributed by atoms with Crippen molar-refractivity contribution in [3.8, 4) is 5.75 Å². The van der Waals surface area contributed by atoms with Crippen LogP contribution in [0.25, 0.3) is 0 Å². The van der Waals surface area contributed by atoms with E-state index in [2.05, 4.69) is 9.72 Å². The van der Waals surface area contributed by atoms with Crippen LogP contribution in [0.15, 0.2) is 10.9 Å². The molecule has 0 bridgehead atoms. The van der Waals surface area contributed by atoms with Crippen molar-refractivity contribution < 1.29 is 17.9 Å². The zero-order chi connectivity index (χ0) is 11.6. The Morgan fingerprint density at radius 3 is 2.60 bits per heavy atom. The van der Waals surface area contributed by atoms with E-state index < -0.39 is 17.7 Å². The van der Waals surface area contributed by atoms with Gasteiger partial charge in [-0.15, -0.1) is 13.2 Å². The van der Waals surface area contributed by atoms with E-state index in [1.807, 2.05) is 0 Å². The topological polar surface area (TPSA) is 68.1 Å². The fourth-order valence-corrected chi connectivity index (χ4v) is 1.69. The first-order chi connectivity index (χ1) is 6.83. The Bertz CT molecular complexity index is 416. The highest BCUT2D eigenvalue weighted by molar-refractivity contribution is 14.1. The van der Waals surface area contributed by atoms with E-state index in [4.69, 9.17) is 5.73 Å². The molecule has 3 N–H and O–H groups in total. The number of hydrogen-bond acceptors (Lipinski definition) is 3. The zero-order valence-corrected chi connectivity index (χ0v) is 9.35. The Morgan fingerprint density at radius 2 is 2.13 bits per heavy atom. The third kappa shape index (κ3) is 3.38. The highest BCUT2D eigenvalue weighted by Crippen LogP contribution is 2.26. The lowest BCUT2D eigenvalue weighted by Gasteiger charge is -2.12. The minimum Gasteiger partial charge on any atom is -0.405 e. The van der Waals surface area contributed by atoms with Gasteiger partial charge in [0.25, 0.3) is 5.56 Å². The summed E-state index contributed by atoms with van der Waals surface area (Å²) < 4.78 is 39.7. The summed E-state index contributed by atoms with van der Waals surface area (Å²) in [6.07, 6.45) is -4.83. The number of alkyl halides is 3. The molecule has 1 aromatic heterocycles. The van der Waals surface area contributed by atoms with Crippen LogP contribution < -0.4 is 16.0 Å². The second kappa shape index (κ2) is 4.39. The molecule has 0 spiro atoms. The smallest absolute Gasteiger partial charge is 0.405 e. The van der Waals surface area contributed by atoms with E-state index in [1.54, 1.807) is 22.6 Å². The van der Waals surface area contributed by atoms with E-state index >= 15 is 0 Å². The number of nitrogens with one attached hydrogen (secondary N) is 1. The molecule has 0 saturated heterocycles. The van der Waals surface area contributed by atoms with Gasteiger partial charge in [-0.3, -0.25) is 4.79 Å². The molecule has 8 heteroatoms. The fourth-order valence-electron chi connectivity index (χ4n) is 0.940. The summed E-state index contributed by atoms with van der Waals surface area (Å²) in [7, 11) is 0. The Kier molecular flexibility index (Phi) is 3.60. The molecule has 0 unspecified atom stereocenters. The molecule has 15 heavy (non-hydrogen) atoms. The van der Waals surface area contributed by atoms with Crippen molar-refractivity contribution in [3.05, 3.63) is 25.7 Å². The minimum absolute atomic E-state index is 0.118. The molecule has 84 valence electrons. The predicted molar refractivity (Wildman–Crippen MR) is 54.4 cm³/mol. The van der Waals surface area contributed by atoms with E-state index in [-0.39, 0.29) is 15.8 Å². The number of aromatic amines is 1. The van der Waals surface area contributed by atoms with Crippen molar-refractivity contribution in [2.75, 3.05) is 0 Å². The third-order valence-corrected chi connectivity index (χ3v) is 2.41. The van der Waals surface area contributed by atoms with Gasteiger partial charge in [-0.2, -0.15) is 0 Å². The summed E-state index contributed by atoms with van der Waals surface area (Å²) in [5.41, 5.74) is 4.69. The van der Waals surface area contributed by atoms with Crippen LogP contribution in [0.1, 0.15) is 5.56 Å². The first kappa shape index (κ1) is 12.3. The first-order valence-corrected chi connectivity index (χ1v) is 4.79. The van der Waals surface area contributed by atoms with Gasteiger partial charge in [0.1, 0.15) is 5.75 Å². The van der Waals surface area contributed by atoms with Crippen molar-refractivity contribution in [1.82, 2.24) is 4.98 Å². The van der Waals surface area contributed by atoms with E-state index in [0.29, 0.717) is 0 Å². The summed E-state index contributed by atoms with van der Waals surface area (Å²) >= 11 is 1.68. The molecular weight excluding hydrogens is 328 g/mol. The summed E-state index contributed by atoms with van der Waals surface area (Å²) in [4.78, 5) is 13.2. The lowest BCUT2D eigenvalue weighted by atomic mass is 10.2. The molecule has 4 nitrogen and oxygen atoms in total. The zero-order valence-electron chi connectivity index (χ0n) is 7.19. The van der Waals surface area contributed by atoms with Crippen LogP contribution >= 0.6 is 22.6 Å². The molecule has 0 amide bonds. The van der Waals surface area contributed by atoms with Gasteiger partial charge in [0.05, 0.1) is 3.70 Å². The lowest BCUT2D eigenvalue weighted by Crippen LogP contribution is -2.22. The Morgan fingerprint density at radius 1 is 1.53 bits per heavy atom. The summed E-state index contributed by atoms with van der Waals surface area (Å²) in [5.74, 6) is -0.557. The van der Waals surface area contributed by atoms with Crippen LogP contribution in [0.2, 0.25) is 0 Å². The van der Waals surface area contributed by atoms with Crippen molar-refractivity contribution in [2.45, 2.75) is 12.9 Å². The molecule has 0 radical (unpaired) electrons. The quantitative estimate of drug-likeness (QED) is 0.634. The van der Waals surface area contributed by atoms with Crippen LogP contribution in [0.3, 0.4) is 0 Å². The second-order valence-electron chi connectivity index (χ2n) is 2.54. The number of rotatable bonds is 2. The molecule has 0 aliphatic carbocycles. The summed E-state index contributed by atoms with van der Waals surface area (Å²) in [6, 6.07) is 0.720. The number of nitrogens with two attached hydrogens (primary N) is 1. The van der Waals surface area contributed by atoms with Crippen LogP contribution in [-0.4, -0.2) is 11.3 Å². The first-order valence-electron chi connectivity index (χ1n) is 3.71. The maximum atomic E-state index is 11.9. The number of hydrogen-bond donors (Lipinski definition) is 2. The molecule has 0 saturated carbocycles. The van der Waals surface area contributed by atoms with Gasteiger partial charge >= 0.3 is 6.36 Å². The van der Waals surface area contributed by atoms with Crippen LogP contribution in [-0.2, 0) is 6.54 Å². The Balaban J connectivity index is 3.21. The number of aromatic nitrogens is 1. The maximum absolute atomic E-state index is 11.9.